The molecule has 7 heteroatoms. The number of nitrogens with zero attached hydrogens (tertiary/aromatic N) is 3. The van der Waals surface area contributed by atoms with Gasteiger partial charge in [0.2, 0.25) is 5.95 Å². The number of thiophene rings is 1. The van der Waals surface area contributed by atoms with Gasteiger partial charge in [-0.2, -0.15) is 10.1 Å². The van der Waals surface area contributed by atoms with Gasteiger partial charge in [-0.15, -0.1) is 11.3 Å². The van der Waals surface area contributed by atoms with Crippen molar-refractivity contribution >= 4 is 34.6 Å². The summed E-state index contributed by atoms with van der Waals surface area (Å²) < 4.78 is 1.90. The van der Waals surface area contributed by atoms with Gasteiger partial charge in [-0.05, 0) is 41.6 Å². The van der Waals surface area contributed by atoms with Crippen molar-refractivity contribution in [3.63, 3.8) is 0 Å². The van der Waals surface area contributed by atoms with Gasteiger partial charge >= 0.3 is 0 Å². The summed E-state index contributed by atoms with van der Waals surface area (Å²) in [7, 11) is 0. The van der Waals surface area contributed by atoms with Crippen molar-refractivity contribution in [1.82, 2.24) is 14.8 Å². The molecule has 0 radical (unpaired) electrons. The average Bonchev–Trinajstić information content (AvgIpc) is 3.29. The maximum Gasteiger partial charge on any atom is 0.226 e. The molecule has 0 aliphatic carbocycles. The molecule has 25 heavy (non-hydrogen) atoms. The van der Waals surface area contributed by atoms with Gasteiger partial charge in [0, 0.05) is 18.1 Å². The summed E-state index contributed by atoms with van der Waals surface area (Å²) in [4.78, 5) is 5.77. The van der Waals surface area contributed by atoms with Crippen LogP contribution in [-0.4, -0.2) is 26.5 Å². The van der Waals surface area contributed by atoms with Crippen molar-refractivity contribution in [2.75, 3.05) is 11.9 Å². The van der Waals surface area contributed by atoms with Gasteiger partial charge < -0.3 is 10.4 Å². The van der Waals surface area contributed by atoms with E-state index in [1.54, 1.807) is 11.3 Å². The van der Waals surface area contributed by atoms with Crippen LogP contribution in [0.5, 0.6) is 0 Å². The van der Waals surface area contributed by atoms with E-state index in [0.717, 1.165) is 27.9 Å². The fourth-order valence-corrected chi connectivity index (χ4v) is 3.69. The second-order valence-electron chi connectivity index (χ2n) is 5.80. The predicted molar refractivity (Wildman–Crippen MR) is 101 cm³/mol. The van der Waals surface area contributed by atoms with Crippen LogP contribution in [0.4, 0.5) is 5.95 Å². The molecule has 0 amide bonds. The van der Waals surface area contributed by atoms with Crippen LogP contribution in [-0.2, 0) is 6.42 Å². The molecule has 128 valence electrons. The monoisotopic (exact) mass is 372 g/mol. The van der Waals surface area contributed by atoms with E-state index in [1.807, 2.05) is 35.0 Å². The molecule has 4 rings (SSSR count). The van der Waals surface area contributed by atoms with E-state index < -0.39 is 0 Å². The van der Waals surface area contributed by atoms with Crippen LogP contribution in [0.2, 0.25) is 5.02 Å². The highest BCUT2D eigenvalue weighted by atomic mass is 35.5. The minimum atomic E-state index is -0.0546. The fraction of sp³-hybridized carbons (Fsp3) is 0.222. The number of aliphatic hydroxyl groups excluding tert-OH is 1. The van der Waals surface area contributed by atoms with E-state index in [4.69, 9.17) is 16.7 Å². The predicted octanol–water partition coefficient (Wildman–Crippen LogP) is 3.97. The van der Waals surface area contributed by atoms with Crippen LogP contribution in [0, 0.1) is 0 Å². The number of allylic oxidation sites excluding steroid dienone is 1. The quantitative estimate of drug-likeness (QED) is 0.711. The first-order chi connectivity index (χ1) is 12.2. The molecule has 0 saturated carbocycles. The summed E-state index contributed by atoms with van der Waals surface area (Å²) in [6.45, 7) is 0.136. The molecular formula is C18H17ClN4OS. The summed E-state index contributed by atoms with van der Waals surface area (Å²) in [5.74, 6) is 1.45. The molecular weight excluding hydrogens is 356 g/mol. The Bertz CT molecular complexity index is 886. The number of aliphatic hydroxyl groups is 1. The smallest absolute Gasteiger partial charge is 0.226 e. The van der Waals surface area contributed by atoms with Gasteiger partial charge in [-0.1, -0.05) is 29.8 Å². The molecule has 0 fully saturated rings. The highest BCUT2D eigenvalue weighted by molar-refractivity contribution is 7.11. The topological polar surface area (TPSA) is 63.0 Å². The largest absolute Gasteiger partial charge is 0.396 e. The zero-order valence-electron chi connectivity index (χ0n) is 13.4. The Hall–Kier alpha value is -2.15. The third-order valence-corrected chi connectivity index (χ3v) is 5.22. The van der Waals surface area contributed by atoms with Gasteiger partial charge in [-0.25, -0.2) is 4.68 Å². The average molecular weight is 373 g/mol. The number of hydrogen-bond acceptors (Lipinski definition) is 5. The van der Waals surface area contributed by atoms with E-state index >= 15 is 0 Å². The van der Waals surface area contributed by atoms with Crippen LogP contribution in [0.25, 0.3) is 5.70 Å². The fourth-order valence-electron chi connectivity index (χ4n) is 2.85. The minimum absolute atomic E-state index is 0.0546. The number of benzene rings is 1. The number of hydrogen-bond donors (Lipinski definition) is 2. The summed E-state index contributed by atoms with van der Waals surface area (Å²) in [6.07, 6.45) is 3.46. The zero-order valence-corrected chi connectivity index (χ0v) is 15.0. The van der Waals surface area contributed by atoms with Gasteiger partial charge in [0.1, 0.15) is 6.04 Å². The molecule has 2 N–H and O–H groups in total. The summed E-state index contributed by atoms with van der Waals surface area (Å²) in [5, 5.41) is 19.8. The van der Waals surface area contributed by atoms with E-state index in [1.165, 1.54) is 0 Å². The highest BCUT2D eigenvalue weighted by Crippen LogP contribution is 2.34. The van der Waals surface area contributed by atoms with Gasteiger partial charge in [0.15, 0.2) is 5.82 Å². The van der Waals surface area contributed by atoms with Crippen LogP contribution >= 0.6 is 22.9 Å². The lowest BCUT2D eigenvalue weighted by molar-refractivity contribution is 0.287. The summed E-state index contributed by atoms with van der Waals surface area (Å²) >= 11 is 7.72. The third-order valence-electron chi connectivity index (χ3n) is 4.07. The van der Waals surface area contributed by atoms with Crippen LogP contribution < -0.4 is 5.32 Å². The molecule has 1 aliphatic rings. The molecule has 1 atom stereocenters. The van der Waals surface area contributed by atoms with Gasteiger partial charge in [0.05, 0.1) is 10.6 Å². The first kappa shape index (κ1) is 16.3. The second kappa shape index (κ2) is 7.00. The normalized spacial score (nSPS) is 16.2. The van der Waals surface area contributed by atoms with Crippen molar-refractivity contribution in [3.05, 3.63) is 69.1 Å². The molecule has 5 nitrogen and oxygen atoms in total. The van der Waals surface area contributed by atoms with Crippen molar-refractivity contribution in [1.29, 1.82) is 0 Å². The second-order valence-corrected chi connectivity index (χ2v) is 7.19. The standard InChI is InChI=1S/C18H17ClN4OS/c19-13-7-5-12(6-8-13)15-11-14(16-3-2-10-25-16)20-18-21-17(4-1-9-24)22-23(15)18/h2-3,5-8,10-11,15,24H,1,4,9H2,(H,20,21,22). The number of halogens is 1. The highest BCUT2D eigenvalue weighted by Gasteiger charge is 2.25. The lowest BCUT2D eigenvalue weighted by Crippen LogP contribution is -2.19. The number of nitrogens with one attached hydrogen (secondary N) is 1. The van der Waals surface area contributed by atoms with Gasteiger partial charge in [-0.3, -0.25) is 0 Å². The summed E-state index contributed by atoms with van der Waals surface area (Å²) in [6, 6.07) is 11.9. The summed E-state index contributed by atoms with van der Waals surface area (Å²) in [5.41, 5.74) is 2.13. The van der Waals surface area contributed by atoms with Gasteiger partial charge in [0.25, 0.3) is 0 Å². The number of anilines is 1. The Kier molecular flexibility index (Phi) is 4.57. The molecule has 1 unspecified atom stereocenters. The Morgan fingerprint density at radius 1 is 1.24 bits per heavy atom. The molecule has 0 spiro atoms. The Morgan fingerprint density at radius 2 is 2.08 bits per heavy atom. The number of aryl methyl sites for hydroxylation is 1. The number of aromatic nitrogens is 3. The molecule has 0 saturated heterocycles. The van der Waals surface area contributed by atoms with Crippen molar-refractivity contribution < 1.29 is 5.11 Å². The van der Waals surface area contributed by atoms with Crippen LogP contribution in [0.1, 0.15) is 28.7 Å². The van der Waals surface area contributed by atoms with Crippen LogP contribution in [0.3, 0.4) is 0 Å². The first-order valence-electron chi connectivity index (χ1n) is 8.09. The lowest BCUT2D eigenvalue weighted by Gasteiger charge is -2.23. The Balaban J connectivity index is 1.76. The molecule has 3 aromatic rings. The minimum Gasteiger partial charge on any atom is -0.396 e. The third kappa shape index (κ3) is 3.33. The SMILES string of the molecule is OCCCc1nc2n(n1)C(c1ccc(Cl)cc1)C=C(c1cccs1)N2. The molecule has 0 bridgehead atoms. The molecule has 1 aliphatic heterocycles. The van der Waals surface area contributed by atoms with E-state index in [9.17, 15) is 0 Å². The van der Waals surface area contributed by atoms with Crippen molar-refractivity contribution in [2.45, 2.75) is 18.9 Å². The maximum atomic E-state index is 9.05. The molecule has 2 aromatic heterocycles. The lowest BCUT2D eigenvalue weighted by atomic mass is 10.0. The number of fused-ring (bicyclic) bond motifs is 1. The Morgan fingerprint density at radius 3 is 2.80 bits per heavy atom. The zero-order chi connectivity index (χ0) is 17.2. The number of rotatable bonds is 5. The molecule has 3 heterocycles. The maximum absolute atomic E-state index is 9.05. The van der Waals surface area contributed by atoms with E-state index in [2.05, 4.69) is 32.9 Å². The van der Waals surface area contributed by atoms with E-state index in [0.29, 0.717) is 17.9 Å². The Labute approximate surface area is 154 Å². The first-order valence-corrected chi connectivity index (χ1v) is 9.35. The molecule has 1 aromatic carbocycles. The van der Waals surface area contributed by atoms with Crippen LogP contribution in [0.15, 0.2) is 47.9 Å². The van der Waals surface area contributed by atoms with Crippen molar-refractivity contribution in [3.8, 4) is 0 Å². The van der Waals surface area contributed by atoms with E-state index in [-0.39, 0.29) is 12.6 Å². The van der Waals surface area contributed by atoms with Crippen molar-refractivity contribution in [2.24, 2.45) is 0 Å².